The van der Waals surface area contributed by atoms with E-state index in [0.717, 1.165) is 11.3 Å². The van der Waals surface area contributed by atoms with Gasteiger partial charge >= 0.3 is 5.63 Å². The second-order valence-corrected chi connectivity index (χ2v) is 7.65. The molecule has 0 unspecified atom stereocenters. The van der Waals surface area contributed by atoms with Gasteiger partial charge < -0.3 is 18.5 Å². The number of hydrogen-bond donors (Lipinski definition) is 1. The number of halogens is 2. The number of ether oxygens (including phenoxy) is 2. The molecule has 9 nitrogen and oxygen atoms in total. The van der Waals surface area contributed by atoms with Gasteiger partial charge in [-0.1, -0.05) is 22.9 Å². The lowest BCUT2D eigenvalue weighted by Crippen LogP contribution is -2.17. The zero-order valence-electron chi connectivity index (χ0n) is 14.7. The number of nitrogens with one attached hydrogen (secondary N) is 1. The van der Waals surface area contributed by atoms with E-state index in [1.807, 2.05) is 7.05 Å². The first-order valence-electron chi connectivity index (χ1n) is 7.82. The molecule has 0 saturated heterocycles. The van der Waals surface area contributed by atoms with Crippen LogP contribution in [0, 0.1) is 0 Å². The van der Waals surface area contributed by atoms with Gasteiger partial charge in [0.05, 0.1) is 21.8 Å². The smallest absolute Gasteiger partial charge is 0.380 e. The summed E-state index contributed by atoms with van der Waals surface area (Å²) in [5.74, 6) is -0.892. The highest BCUT2D eigenvalue weighted by atomic mass is 79.9. The normalized spacial score (nSPS) is 10.9. The number of carbonyl (C=O) groups is 1. The monoisotopic (exact) mass is 488 g/mol. The summed E-state index contributed by atoms with van der Waals surface area (Å²) in [4.78, 5) is 24.5. The molecule has 0 aliphatic heterocycles. The van der Waals surface area contributed by atoms with Crippen molar-refractivity contribution in [3.05, 3.63) is 44.0 Å². The third kappa shape index (κ3) is 4.43. The molecule has 0 fully saturated rings. The van der Waals surface area contributed by atoms with Crippen LogP contribution in [0.1, 0.15) is 10.6 Å². The van der Waals surface area contributed by atoms with Gasteiger partial charge in [0.2, 0.25) is 10.9 Å². The van der Waals surface area contributed by atoms with Crippen LogP contribution < -0.4 is 15.7 Å². The minimum absolute atomic E-state index is 0.0369. The number of nitrogens with zero attached hydrogens (tertiary/aromatic N) is 3. The predicted octanol–water partition coefficient (Wildman–Crippen LogP) is 3.19. The van der Waals surface area contributed by atoms with Crippen LogP contribution in [-0.4, -0.2) is 41.0 Å². The first-order chi connectivity index (χ1) is 13.4. The summed E-state index contributed by atoms with van der Waals surface area (Å²) in [7, 11) is 3.34. The molecule has 0 bridgehead atoms. The number of rotatable bonds is 7. The largest absolute Gasteiger partial charge is 0.483 e. The summed E-state index contributed by atoms with van der Waals surface area (Å²) >= 11 is 10.5. The Balaban J connectivity index is 1.76. The van der Waals surface area contributed by atoms with E-state index in [2.05, 4.69) is 31.4 Å². The predicted molar refractivity (Wildman–Crippen MR) is 107 cm³/mol. The highest BCUT2D eigenvalue weighted by Gasteiger charge is 2.19. The first-order valence-corrected chi connectivity index (χ1v) is 9.81. The van der Waals surface area contributed by atoms with Crippen LogP contribution in [0.2, 0.25) is 5.02 Å². The lowest BCUT2D eigenvalue weighted by molar-refractivity contribution is 0.0989. The van der Waals surface area contributed by atoms with Gasteiger partial charge in [0, 0.05) is 26.4 Å². The van der Waals surface area contributed by atoms with E-state index >= 15 is 0 Å². The second-order valence-electron chi connectivity index (χ2n) is 5.41. The summed E-state index contributed by atoms with van der Waals surface area (Å²) in [6.07, 6.45) is 1.79. The van der Waals surface area contributed by atoms with E-state index in [0.29, 0.717) is 26.8 Å². The van der Waals surface area contributed by atoms with Crippen LogP contribution in [0.3, 0.4) is 0 Å². The van der Waals surface area contributed by atoms with Crippen molar-refractivity contribution in [3.63, 3.8) is 0 Å². The highest BCUT2D eigenvalue weighted by molar-refractivity contribution is 9.10. The number of anilines is 1. The van der Waals surface area contributed by atoms with Gasteiger partial charge in [-0.3, -0.25) is 10.1 Å². The lowest BCUT2D eigenvalue weighted by Gasteiger charge is -2.07. The standard InChI is InChI=1S/C16H14BrClN4O5S/c1-22-4-3-9(18)11(22)14-20-21-16(28-14)19-13(23)10-7-8(17)12(15(24)27-10)26-6-5-25-2/h3-4,7H,5-6H2,1-2H3,(H,19,21,23). The molecular formula is C16H14BrClN4O5S. The van der Waals surface area contributed by atoms with Gasteiger partial charge in [0.15, 0.2) is 10.8 Å². The molecule has 3 aromatic rings. The summed E-state index contributed by atoms with van der Waals surface area (Å²) in [5.41, 5.74) is -0.101. The molecule has 148 valence electrons. The third-order valence-corrected chi connectivity index (χ3v) is 5.23. The number of hydrogen-bond acceptors (Lipinski definition) is 8. The Bertz CT molecular complexity index is 1040. The van der Waals surface area contributed by atoms with Crippen LogP contribution in [0.5, 0.6) is 5.75 Å². The zero-order valence-corrected chi connectivity index (χ0v) is 17.9. The fourth-order valence-electron chi connectivity index (χ4n) is 2.20. The number of methoxy groups -OCH3 is 1. The van der Waals surface area contributed by atoms with E-state index in [9.17, 15) is 9.59 Å². The lowest BCUT2D eigenvalue weighted by atomic mass is 10.3. The Morgan fingerprint density at radius 1 is 1.43 bits per heavy atom. The summed E-state index contributed by atoms with van der Waals surface area (Å²) < 4.78 is 17.3. The van der Waals surface area contributed by atoms with Crippen molar-refractivity contribution in [2.24, 2.45) is 7.05 Å². The van der Waals surface area contributed by atoms with Crippen molar-refractivity contribution < 1.29 is 18.7 Å². The molecule has 0 spiro atoms. The molecule has 3 heterocycles. The maximum Gasteiger partial charge on any atom is 0.380 e. The molecule has 12 heteroatoms. The number of aromatic nitrogens is 3. The van der Waals surface area contributed by atoms with E-state index in [4.69, 9.17) is 25.5 Å². The molecule has 3 aromatic heterocycles. The maximum atomic E-state index is 12.4. The number of carbonyl (C=O) groups excluding carboxylic acids is 1. The molecule has 0 aliphatic carbocycles. The van der Waals surface area contributed by atoms with Gasteiger partial charge in [-0.2, -0.15) is 0 Å². The summed E-state index contributed by atoms with van der Waals surface area (Å²) in [5, 5.41) is 11.8. The molecule has 3 rings (SSSR count). The van der Waals surface area contributed by atoms with Crippen molar-refractivity contribution in [2.75, 3.05) is 25.6 Å². The van der Waals surface area contributed by atoms with Crippen molar-refractivity contribution >= 4 is 49.9 Å². The SMILES string of the molecule is COCCOc1c(Br)cc(C(=O)Nc2nnc(-c3c(Cl)ccn3C)s2)oc1=O. The Morgan fingerprint density at radius 3 is 2.86 bits per heavy atom. The Morgan fingerprint density at radius 2 is 2.21 bits per heavy atom. The van der Waals surface area contributed by atoms with Crippen LogP contribution in [0.25, 0.3) is 10.7 Å². The number of amides is 1. The molecule has 0 aliphatic rings. The number of aryl methyl sites for hydroxylation is 1. The van der Waals surface area contributed by atoms with Gasteiger partial charge in [-0.15, -0.1) is 10.2 Å². The van der Waals surface area contributed by atoms with E-state index < -0.39 is 11.5 Å². The fraction of sp³-hybridized carbons (Fsp3) is 0.250. The average Bonchev–Trinajstić information content (AvgIpc) is 3.23. The highest BCUT2D eigenvalue weighted by Crippen LogP contribution is 2.32. The van der Waals surface area contributed by atoms with Crippen LogP contribution in [-0.2, 0) is 11.8 Å². The average molecular weight is 490 g/mol. The Labute approximate surface area is 176 Å². The molecule has 28 heavy (non-hydrogen) atoms. The van der Waals surface area contributed by atoms with Gasteiger partial charge in [0.1, 0.15) is 6.61 Å². The van der Waals surface area contributed by atoms with E-state index in [1.54, 1.807) is 16.8 Å². The topological polar surface area (TPSA) is 108 Å². The minimum Gasteiger partial charge on any atom is -0.483 e. The quantitative estimate of drug-likeness (QED) is 0.508. The Hall–Kier alpha value is -2.21. The molecule has 1 amide bonds. The van der Waals surface area contributed by atoms with E-state index in [1.165, 1.54) is 13.2 Å². The van der Waals surface area contributed by atoms with Crippen molar-refractivity contribution in [1.29, 1.82) is 0 Å². The van der Waals surface area contributed by atoms with Crippen molar-refractivity contribution in [3.8, 4) is 16.5 Å². The summed E-state index contributed by atoms with van der Waals surface area (Å²) in [6, 6.07) is 3.08. The molecular weight excluding hydrogens is 476 g/mol. The maximum absolute atomic E-state index is 12.4. The third-order valence-electron chi connectivity index (χ3n) is 3.49. The Kier molecular flexibility index (Phi) is 6.50. The molecule has 0 radical (unpaired) electrons. The van der Waals surface area contributed by atoms with E-state index in [-0.39, 0.29) is 23.2 Å². The summed E-state index contributed by atoms with van der Waals surface area (Å²) in [6.45, 7) is 0.472. The molecule has 0 aromatic carbocycles. The molecule has 1 N–H and O–H groups in total. The fourth-order valence-corrected chi connectivity index (χ4v) is 3.86. The van der Waals surface area contributed by atoms with Crippen LogP contribution in [0.15, 0.2) is 32.0 Å². The molecule has 0 atom stereocenters. The van der Waals surface area contributed by atoms with Crippen LogP contribution >= 0.6 is 38.9 Å². The van der Waals surface area contributed by atoms with Gasteiger partial charge in [-0.25, -0.2) is 4.79 Å². The second kappa shape index (κ2) is 8.86. The van der Waals surface area contributed by atoms with Crippen LogP contribution in [0.4, 0.5) is 5.13 Å². The molecule has 0 saturated carbocycles. The van der Waals surface area contributed by atoms with Gasteiger partial charge in [0.25, 0.3) is 5.91 Å². The van der Waals surface area contributed by atoms with Gasteiger partial charge in [-0.05, 0) is 22.0 Å². The minimum atomic E-state index is -0.788. The van der Waals surface area contributed by atoms with Crippen molar-refractivity contribution in [1.82, 2.24) is 14.8 Å². The van der Waals surface area contributed by atoms with Crippen molar-refractivity contribution in [2.45, 2.75) is 0 Å². The zero-order chi connectivity index (χ0) is 20.3. The first kappa shape index (κ1) is 20.5.